The number of para-hydroxylation sites is 1. The monoisotopic (exact) mass is 487 g/mol. The Bertz CT molecular complexity index is 1380. The molecular weight excluding hydrogens is 462 g/mol. The first-order valence-corrected chi connectivity index (χ1v) is 12.0. The third-order valence-corrected chi connectivity index (χ3v) is 7.22. The van der Waals surface area contributed by atoms with Gasteiger partial charge in [-0.15, -0.1) is 10.2 Å². The van der Waals surface area contributed by atoms with Gasteiger partial charge in [0, 0.05) is 28.8 Å². The molecule has 5 nitrogen and oxygen atoms in total. The van der Waals surface area contributed by atoms with Gasteiger partial charge in [-0.3, -0.25) is 0 Å². The maximum atomic E-state index is 4.09. The van der Waals surface area contributed by atoms with Gasteiger partial charge in [0.1, 0.15) is 0 Å². The Kier molecular flexibility index (Phi) is 5.79. The molecule has 32 heavy (non-hydrogen) atoms. The van der Waals surface area contributed by atoms with Gasteiger partial charge in [-0.25, -0.2) is 0 Å². The van der Waals surface area contributed by atoms with E-state index >= 15 is 0 Å². The summed E-state index contributed by atoms with van der Waals surface area (Å²) in [6.45, 7) is 2.26. The minimum Gasteiger partial charge on any atom is -0.343 e. The van der Waals surface area contributed by atoms with Crippen LogP contribution in [0, 0.1) is 0 Å². The highest BCUT2D eigenvalue weighted by atomic mass is 79.9. The molecule has 0 radical (unpaired) electrons. The van der Waals surface area contributed by atoms with Crippen molar-refractivity contribution in [3.63, 3.8) is 0 Å². The number of benzene rings is 3. The molecule has 5 aromatic rings. The second-order valence-electron chi connectivity index (χ2n) is 8.34. The van der Waals surface area contributed by atoms with Crippen molar-refractivity contribution in [1.29, 1.82) is 0 Å². The second kappa shape index (κ2) is 8.87. The average molecular weight is 488 g/mol. The summed E-state index contributed by atoms with van der Waals surface area (Å²) in [5.41, 5.74) is 6.50. The molecule has 0 aliphatic rings. The Hall–Kier alpha value is -2.99. The van der Waals surface area contributed by atoms with E-state index in [1.54, 1.807) is 0 Å². The van der Waals surface area contributed by atoms with Gasteiger partial charge >= 0.3 is 0 Å². The lowest BCUT2D eigenvalue weighted by Gasteiger charge is -2.12. The Morgan fingerprint density at radius 2 is 1.88 bits per heavy atom. The van der Waals surface area contributed by atoms with Crippen LogP contribution in [-0.2, 0) is 19.9 Å². The van der Waals surface area contributed by atoms with E-state index in [0.29, 0.717) is 12.2 Å². The van der Waals surface area contributed by atoms with Crippen LogP contribution in [0.1, 0.15) is 43.1 Å². The minimum atomic E-state index is 0.638. The van der Waals surface area contributed by atoms with Crippen LogP contribution in [-0.4, -0.2) is 25.2 Å². The van der Waals surface area contributed by atoms with Crippen LogP contribution in [0.2, 0.25) is 0 Å². The lowest BCUT2D eigenvalue weighted by molar-refractivity contribution is 0.719. The zero-order valence-corrected chi connectivity index (χ0v) is 20.0. The summed E-state index contributed by atoms with van der Waals surface area (Å²) in [7, 11) is 2.19. The number of unbranched alkanes of at least 4 members (excludes halogenated alkanes) is 2. The molecule has 2 heterocycles. The highest BCUT2D eigenvalue weighted by Crippen LogP contribution is 2.37. The summed E-state index contributed by atoms with van der Waals surface area (Å²) in [5.74, 6) is 0.689. The molecule has 2 aromatic heterocycles. The number of halogens is 1. The Labute approximate surface area is 196 Å². The van der Waals surface area contributed by atoms with Crippen LogP contribution in [0.5, 0.6) is 0 Å². The van der Waals surface area contributed by atoms with Crippen LogP contribution in [0.3, 0.4) is 0 Å². The first-order valence-electron chi connectivity index (χ1n) is 11.2. The van der Waals surface area contributed by atoms with E-state index in [1.165, 1.54) is 57.8 Å². The summed E-state index contributed by atoms with van der Waals surface area (Å²) >= 11 is 3.82. The van der Waals surface area contributed by atoms with Crippen molar-refractivity contribution in [1.82, 2.24) is 25.2 Å². The van der Waals surface area contributed by atoms with Gasteiger partial charge in [-0.2, -0.15) is 5.21 Å². The molecule has 0 saturated heterocycles. The van der Waals surface area contributed by atoms with Crippen LogP contribution < -0.4 is 0 Å². The van der Waals surface area contributed by atoms with Gasteiger partial charge < -0.3 is 4.57 Å². The summed E-state index contributed by atoms with van der Waals surface area (Å²) in [6.07, 6.45) is 5.46. The molecule has 6 heteroatoms. The van der Waals surface area contributed by atoms with Crippen LogP contribution in [0.15, 0.2) is 59.1 Å². The molecule has 3 aromatic carbocycles. The van der Waals surface area contributed by atoms with Crippen molar-refractivity contribution in [2.75, 3.05) is 0 Å². The number of aryl methyl sites for hydroxylation is 2. The van der Waals surface area contributed by atoms with E-state index in [1.807, 2.05) is 0 Å². The highest BCUT2D eigenvalue weighted by molar-refractivity contribution is 9.10. The summed E-state index contributed by atoms with van der Waals surface area (Å²) in [5, 5.41) is 18.1. The molecule has 0 unspecified atom stereocenters. The van der Waals surface area contributed by atoms with Gasteiger partial charge in [0.2, 0.25) is 0 Å². The molecular formula is C26H26BrN5. The maximum Gasteiger partial charge on any atom is 0.178 e. The lowest BCUT2D eigenvalue weighted by atomic mass is 9.97. The summed E-state index contributed by atoms with van der Waals surface area (Å²) < 4.78 is 3.45. The van der Waals surface area contributed by atoms with Crippen molar-refractivity contribution in [2.45, 2.75) is 39.0 Å². The number of aromatic amines is 1. The number of H-pyrrole nitrogens is 1. The number of tetrazole rings is 1. The normalized spacial score (nSPS) is 11.6. The number of aromatic nitrogens is 5. The van der Waals surface area contributed by atoms with Crippen LogP contribution in [0.4, 0.5) is 0 Å². The highest BCUT2D eigenvalue weighted by Gasteiger charge is 2.17. The van der Waals surface area contributed by atoms with E-state index < -0.39 is 0 Å². The lowest BCUT2D eigenvalue weighted by Crippen LogP contribution is -1.96. The first-order chi connectivity index (χ1) is 15.7. The molecule has 0 amide bonds. The standard InChI is InChI=1S/C26H26BrN5/c1-3-4-5-9-22-21-8-6-7-10-23(21)32(2)26(22)19-13-14-20-17(15-19)11-12-18(25(20)27)16-24-28-30-31-29-24/h6-8,10-15H,3-5,9,16H2,1-2H3,(H,28,29,30,31). The van der Waals surface area contributed by atoms with Crippen LogP contribution in [0.25, 0.3) is 32.9 Å². The Morgan fingerprint density at radius 3 is 2.69 bits per heavy atom. The van der Waals surface area contributed by atoms with E-state index in [9.17, 15) is 0 Å². The van der Waals surface area contributed by atoms with E-state index in [0.717, 1.165) is 16.5 Å². The van der Waals surface area contributed by atoms with Crippen molar-refractivity contribution >= 4 is 37.6 Å². The number of fused-ring (bicyclic) bond motifs is 2. The van der Waals surface area contributed by atoms with Crippen LogP contribution >= 0.6 is 15.9 Å². The largest absolute Gasteiger partial charge is 0.343 e. The van der Waals surface area contributed by atoms with Gasteiger partial charge in [0.15, 0.2) is 5.82 Å². The van der Waals surface area contributed by atoms with E-state index in [4.69, 9.17) is 0 Å². The molecule has 0 saturated carbocycles. The zero-order chi connectivity index (χ0) is 22.1. The number of nitrogens with one attached hydrogen (secondary N) is 1. The zero-order valence-electron chi connectivity index (χ0n) is 18.4. The Balaban J connectivity index is 1.60. The molecule has 0 atom stereocenters. The van der Waals surface area contributed by atoms with Gasteiger partial charge in [-0.05, 0) is 68.4 Å². The number of rotatable bonds is 7. The van der Waals surface area contributed by atoms with Crippen molar-refractivity contribution in [3.8, 4) is 11.3 Å². The predicted molar refractivity (Wildman–Crippen MR) is 134 cm³/mol. The quantitative estimate of drug-likeness (QED) is 0.263. The van der Waals surface area contributed by atoms with Gasteiger partial charge in [-0.1, -0.05) is 67.4 Å². The SMILES string of the molecule is CCCCCc1c(-c2ccc3c(Br)c(Cc4nn[nH]n4)ccc3c2)n(C)c2ccccc12. The molecule has 0 aliphatic carbocycles. The summed E-state index contributed by atoms with van der Waals surface area (Å²) in [4.78, 5) is 0. The molecule has 1 N–H and O–H groups in total. The van der Waals surface area contributed by atoms with Crippen molar-refractivity contribution in [3.05, 3.63) is 76.0 Å². The fraction of sp³-hybridized carbons (Fsp3) is 0.269. The smallest absolute Gasteiger partial charge is 0.178 e. The summed E-state index contributed by atoms with van der Waals surface area (Å²) in [6, 6.07) is 19.9. The minimum absolute atomic E-state index is 0.638. The fourth-order valence-corrected chi connectivity index (χ4v) is 5.33. The van der Waals surface area contributed by atoms with Gasteiger partial charge in [0.05, 0.1) is 5.69 Å². The number of hydrogen-bond acceptors (Lipinski definition) is 3. The number of nitrogens with zero attached hydrogens (tertiary/aromatic N) is 4. The predicted octanol–water partition coefficient (Wildman–Crippen LogP) is 6.60. The maximum absolute atomic E-state index is 4.09. The molecule has 162 valence electrons. The van der Waals surface area contributed by atoms with E-state index in [2.05, 4.69) is 110 Å². The molecule has 0 aliphatic heterocycles. The molecule has 0 fully saturated rings. The van der Waals surface area contributed by atoms with Gasteiger partial charge in [0.25, 0.3) is 0 Å². The van der Waals surface area contributed by atoms with E-state index in [-0.39, 0.29) is 0 Å². The third-order valence-electron chi connectivity index (χ3n) is 6.29. The molecule has 0 spiro atoms. The van der Waals surface area contributed by atoms with Crippen molar-refractivity contribution < 1.29 is 0 Å². The number of hydrogen-bond donors (Lipinski definition) is 1. The topological polar surface area (TPSA) is 59.4 Å². The third kappa shape index (κ3) is 3.73. The Morgan fingerprint density at radius 1 is 1.00 bits per heavy atom. The molecule has 5 rings (SSSR count). The fourth-order valence-electron chi connectivity index (χ4n) is 4.69. The second-order valence-corrected chi connectivity index (χ2v) is 9.13. The van der Waals surface area contributed by atoms with Crippen molar-refractivity contribution in [2.24, 2.45) is 7.05 Å². The first kappa shape index (κ1) is 20.9. The average Bonchev–Trinajstić information content (AvgIpc) is 3.42. The molecule has 0 bridgehead atoms.